The van der Waals surface area contributed by atoms with Gasteiger partial charge in [-0.25, -0.2) is 50.5 Å². The van der Waals surface area contributed by atoms with Crippen molar-refractivity contribution in [2.24, 2.45) is 0 Å². The van der Waals surface area contributed by atoms with Gasteiger partial charge in [0.25, 0.3) is 0 Å². The van der Waals surface area contributed by atoms with Gasteiger partial charge in [-0.1, -0.05) is 0 Å². The first-order valence-corrected chi connectivity index (χ1v) is 16.1. The van der Waals surface area contributed by atoms with E-state index in [0.717, 1.165) is 0 Å². The van der Waals surface area contributed by atoms with Crippen molar-refractivity contribution >= 4 is 60.7 Å². The minimum atomic E-state index is -6.09. The van der Waals surface area contributed by atoms with Crippen molar-refractivity contribution in [3.63, 3.8) is 0 Å². The Bertz CT molecular complexity index is 1320. The second-order valence-electron chi connectivity index (χ2n) is 5.40. The Kier molecular flexibility index (Phi) is 29.1. The molecule has 0 atom stereocenters. The van der Waals surface area contributed by atoms with Gasteiger partial charge < -0.3 is 27.3 Å². The van der Waals surface area contributed by atoms with Gasteiger partial charge in [0, 0.05) is 0 Å². The second-order valence-corrected chi connectivity index (χ2v) is 13.6. The van der Waals surface area contributed by atoms with Crippen LogP contribution in [0.15, 0.2) is 0 Å². The van der Waals surface area contributed by atoms with E-state index in [1.165, 1.54) is 0 Å². The molecule has 305 valence electrons. The minimum absolute atomic E-state index is 0. The van der Waals surface area contributed by atoms with Crippen LogP contribution < -0.4 is 0 Å². The molecule has 0 aliphatic heterocycles. The largest absolute Gasteiger partial charge is 3.00 e. The molecule has 18 nitrogen and oxygen atoms in total. The maximum Gasteiger partial charge on any atom is 3.00 e. The van der Waals surface area contributed by atoms with Crippen LogP contribution in [0.1, 0.15) is 0 Å². The molecule has 0 heterocycles. The molecule has 0 rings (SSSR count). The monoisotopic (exact) mass is 995 g/mol. The topological polar surface area (TPSA) is 343 Å². The van der Waals surface area contributed by atoms with Crippen LogP contribution in [0.4, 0.5) is 79.0 Å². The summed E-state index contributed by atoms with van der Waals surface area (Å²) in [5.41, 5.74) is -33.9. The molecule has 0 aliphatic rings. The van der Waals surface area contributed by atoms with Crippen molar-refractivity contribution < 1.29 is 200 Å². The van der Waals surface area contributed by atoms with Gasteiger partial charge in [-0.3, -0.25) is 0 Å². The van der Waals surface area contributed by atoms with Gasteiger partial charge in [-0.05, 0) is 0 Å². The number of hydrogen-bond donors (Lipinski definition) is 0. The van der Waals surface area contributed by atoms with Crippen LogP contribution in [0.2, 0.25) is 0 Å². The van der Waals surface area contributed by atoms with Crippen molar-refractivity contribution in [2.75, 3.05) is 0 Å². The van der Waals surface area contributed by atoms with Gasteiger partial charge in [-0.2, -0.15) is 79.0 Å². The van der Waals surface area contributed by atoms with Gasteiger partial charge in [0.1, 0.15) is 0 Å². The molecule has 0 aromatic carbocycles. The smallest absolute Gasteiger partial charge is 0.741 e. The summed E-state index contributed by atoms with van der Waals surface area (Å²) in [7, 11) is -36.5. The van der Waals surface area contributed by atoms with Gasteiger partial charge in [0.05, 0.1) is 0 Å². The molecule has 0 saturated heterocycles. The molecule has 0 bridgehead atoms. The fourth-order valence-corrected chi connectivity index (χ4v) is 0. The van der Waals surface area contributed by atoms with E-state index >= 15 is 0 Å². The van der Waals surface area contributed by atoms with E-state index in [0.29, 0.717) is 0 Å². The minimum Gasteiger partial charge on any atom is -0.741 e. The van der Waals surface area contributed by atoms with Gasteiger partial charge in [-0.15, -0.1) is 0 Å². The zero-order valence-corrected chi connectivity index (χ0v) is 28.3. The first-order valence-electron chi connectivity index (χ1n) is 7.63. The van der Waals surface area contributed by atoms with Crippen molar-refractivity contribution in [3.8, 4) is 0 Å². The van der Waals surface area contributed by atoms with E-state index in [1.807, 2.05) is 0 Å². The number of hydrogen-bond acceptors (Lipinski definition) is 18. The summed E-state index contributed by atoms with van der Waals surface area (Å²) in [6.45, 7) is 0. The summed E-state index contributed by atoms with van der Waals surface area (Å²) in [4.78, 5) is 0. The molecule has 0 fully saturated rings. The molecule has 50 heavy (non-hydrogen) atoms. The van der Waals surface area contributed by atoms with Crippen molar-refractivity contribution in [2.45, 2.75) is 33.0 Å². The summed E-state index contributed by atoms with van der Waals surface area (Å²) >= 11 is 0. The molecule has 1 radical (unpaired) electrons. The molecule has 0 aromatic rings. The maximum atomic E-state index is 10.7. The normalized spacial score (nSPS) is 13.4. The van der Waals surface area contributed by atoms with Crippen LogP contribution in [0.3, 0.4) is 0 Å². The SMILES string of the molecule is O=S(=O)([O-])C(F)(F)F.O=S(=O)([O-])C(F)(F)F.O=S(=O)([O-])C(F)(F)F.O=S(=O)([O-])C(F)(F)F.O=S(=O)([O-])C(F)(F)F.O=S(=O)([O-])C(F)(F)F.[Fe+3].[Sc+3]. The summed E-state index contributed by atoms with van der Waals surface area (Å²) in [5, 5.41) is 0. The average Bonchev–Trinajstić information content (AvgIpc) is 2.60. The summed E-state index contributed by atoms with van der Waals surface area (Å²) in [5.74, 6) is 0. The van der Waals surface area contributed by atoms with Crippen LogP contribution in [0, 0.1) is 0 Å². The van der Waals surface area contributed by atoms with E-state index in [-0.39, 0.29) is 42.9 Å². The predicted molar refractivity (Wildman–Crippen MR) is 94.5 cm³/mol. The predicted octanol–water partition coefficient (Wildman–Crippen LogP) is 0.303. The maximum absolute atomic E-state index is 10.7. The van der Waals surface area contributed by atoms with Crippen LogP contribution in [0.5, 0.6) is 0 Å². The summed E-state index contributed by atoms with van der Waals surface area (Å²) in [6, 6.07) is 0. The van der Waals surface area contributed by atoms with Crippen LogP contribution in [-0.2, 0) is 104 Å². The fourth-order valence-electron chi connectivity index (χ4n) is 0. The molecular weight excluding hydrogens is 995 g/mol. The Morgan fingerprint density at radius 3 is 0.260 bits per heavy atom. The Labute approximate surface area is 292 Å². The van der Waals surface area contributed by atoms with Crippen LogP contribution in [0.25, 0.3) is 0 Å². The Hall–Kier alpha value is -0.410. The van der Waals surface area contributed by atoms with Gasteiger partial charge in [0.15, 0.2) is 60.7 Å². The quantitative estimate of drug-likeness (QED) is 0.136. The third-order valence-electron chi connectivity index (χ3n) is 1.70. The van der Waals surface area contributed by atoms with E-state index < -0.39 is 93.8 Å². The van der Waals surface area contributed by atoms with Crippen LogP contribution >= 0.6 is 0 Å². The fraction of sp³-hybridized carbons (Fsp3) is 1.00. The molecule has 44 heteroatoms. The van der Waals surface area contributed by atoms with Crippen LogP contribution in [-0.4, -0.2) is 111 Å². The van der Waals surface area contributed by atoms with E-state index in [2.05, 4.69) is 0 Å². The number of halogens is 18. The number of rotatable bonds is 0. The third kappa shape index (κ3) is 36.0. The molecule has 0 saturated carbocycles. The molecule has 0 aliphatic carbocycles. The number of alkyl halides is 18. The molecule has 0 aromatic heterocycles. The summed E-state index contributed by atoms with van der Waals surface area (Å²) < 4.78 is 353. The van der Waals surface area contributed by atoms with Gasteiger partial charge in [0.2, 0.25) is 0 Å². The Morgan fingerprint density at radius 1 is 0.240 bits per heavy atom. The third-order valence-corrected chi connectivity index (χ3v) is 5.10. The molecule has 0 amide bonds. The average molecular weight is 995 g/mol. The zero-order chi connectivity index (χ0) is 42.0. The molecule has 0 spiro atoms. The summed E-state index contributed by atoms with van der Waals surface area (Å²) in [6.07, 6.45) is 0. The Balaban J connectivity index is -0.0000000700. The zero-order valence-electron chi connectivity index (χ0n) is 20.5. The van der Waals surface area contributed by atoms with Gasteiger partial charge >= 0.3 is 76.0 Å². The first kappa shape index (κ1) is 67.7. The van der Waals surface area contributed by atoms with E-state index in [1.54, 1.807) is 0 Å². The van der Waals surface area contributed by atoms with Crippen molar-refractivity contribution in [3.05, 3.63) is 0 Å². The first-order chi connectivity index (χ1) is 19.5. The molecular formula is C6F18FeO18S6Sc. The van der Waals surface area contributed by atoms with E-state index in [9.17, 15) is 79.0 Å². The van der Waals surface area contributed by atoms with Crippen molar-refractivity contribution in [1.29, 1.82) is 0 Å². The standard InChI is InChI=1S/6CHF3O3S.Fe.Sc/c6*2-1(3,4)8(5,6)7;;/h6*(H,5,6,7);;/q;;;;;;2*+3/p-6. The second kappa shape index (κ2) is 21.5. The van der Waals surface area contributed by atoms with E-state index in [4.69, 9.17) is 77.8 Å². The van der Waals surface area contributed by atoms with Crippen molar-refractivity contribution in [1.82, 2.24) is 0 Å². The Morgan fingerprint density at radius 2 is 0.260 bits per heavy atom. The molecule has 0 unspecified atom stereocenters. The molecule has 0 N–H and O–H groups in total.